The van der Waals surface area contributed by atoms with Crippen LogP contribution in [0.2, 0.25) is 0 Å². The molecule has 0 radical (unpaired) electrons. The molecular weight excluding hydrogens is 210 g/mol. The van der Waals surface area contributed by atoms with Crippen LogP contribution in [0, 0.1) is 0 Å². The highest BCUT2D eigenvalue weighted by Crippen LogP contribution is 2.22. The van der Waals surface area contributed by atoms with E-state index in [9.17, 15) is 4.79 Å². The Balaban J connectivity index is 2.71. The Morgan fingerprint density at radius 1 is 1.12 bits per heavy atom. The molecule has 0 aliphatic rings. The summed E-state index contributed by atoms with van der Waals surface area (Å²) in [5, 5.41) is 0. The van der Waals surface area contributed by atoms with Crippen molar-refractivity contribution in [1.29, 1.82) is 0 Å². The zero-order valence-corrected chi connectivity index (χ0v) is 11.6. The lowest BCUT2D eigenvalue weighted by Gasteiger charge is -2.19. The van der Waals surface area contributed by atoms with Gasteiger partial charge >= 0.3 is 0 Å². The summed E-state index contributed by atoms with van der Waals surface area (Å²) in [7, 11) is 3.96. The van der Waals surface area contributed by atoms with Crippen LogP contribution in [-0.4, -0.2) is 31.3 Å². The van der Waals surface area contributed by atoms with Gasteiger partial charge in [0.2, 0.25) is 0 Å². The Bertz CT molecular complexity index is 371. The standard InChI is InChI=1S/C15H23NO/c1-15(2,3)13-8-6-12(7-9-13)14(17)10-11-16(4)5/h6-9H,10-11H2,1-5H3. The van der Waals surface area contributed by atoms with Crippen molar-refractivity contribution in [2.24, 2.45) is 0 Å². The van der Waals surface area contributed by atoms with Crippen molar-refractivity contribution in [1.82, 2.24) is 4.90 Å². The van der Waals surface area contributed by atoms with E-state index < -0.39 is 0 Å². The average Bonchev–Trinajstić information content (AvgIpc) is 2.25. The van der Waals surface area contributed by atoms with Crippen molar-refractivity contribution in [3.8, 4) is 0 Å². The van der Waals surface area contributed by atoms with Crippen molar-refractivity contribution in [2.75, 3.05) is 20.6 Å². The number of ketones is 1. The molecule has 0 amide bonds. The molecule has 0 fully saturated rings. The summed E-state index contributed by atoms with van der Waals surface area (Å²) in [6.07, 6.45) is 0.585. The number of carbonyl (C=O) groups is 1. The van der Waals surface area contributed by atoms with Gasteiger partial charge in [0.15, 0.2) is 5.78 Å². The van der Waals surface area contributed by atoms with Crippen molar-refractivity contribution < 1.29 is 4.79 Å². The highest BCUT2D eigenvalue weighted by molar-refractivity contribution is 5.96. The summed E-state index contributed by atoms with van der Waals surface area (Å²) >= 11 is 0. The Morgan fingerprint density at radius 2 is 1.65 bits per heavy atom. The largest absolute Gasteiger partial charge is 0.309 e. The molecule has 1 aromatic carbocycles. The number of benzene rings is 1. The topological polar surface area (TPSA) is 20.3 Å². The van der Waals surface area contributed by atoms with Gasteiger partial charge < -0.3 is 4.90 Å². The number of rotatable bonds is 4. The molecule has 0 spiro atoms. The molecule has 1 rings (SSSR count). The van der Waals surface area contributed by atoms with E-state index >= 15 is 0 Å². The Labute approximate surface area is 105 Å². The second-order valence-electron chi connectivity index (χ2n) is 5.80. The fourth-order valence-corrected chi connectivity index (χ4v) is 1.63. The average molecular weight is 233 g/mol. The molecule has 94 valence electrons. The van der Waals surface area contributed by atoms with Crippen LogP contribution in [0.5, 0.6) is 0 Å². The van der Waals surface area contributed by atoms with Crippen molar-refractivity contribution >= 4 is 5.78 Å². The normalized spacial score (nSPS) is 11.9. The van der Waals surface area contributed by atoms with Crippen molar-refractivity contribution in [2.45, 2.75) is 32.6 Å². The van der Waals surface area contributed by atoms with Crippen molar-refractivity contribution in [3.05, 3.63) is 35.4 Å². The van der Waals surface area contributed by atoms with E-state index in [2.05, 4.69) is 32.9 Å². The zero-order chi connectivity index (χ0) is 13.1. The van der Waals surface area contributed by atoms with Gasteiger partial charge in [-0.15, -0.1) is 0 Å². The second kappa shape index (κ2) is 5.46. The molecule has 0 heterocycles. The van der Waals surface area contributed by atoms with Gasteiger partial charge in [-0.1, -0.05) is 45.0 Å². The third-order valence-electron chi connectivity index (χ3n) is 2.86. The molecule has 1 aromatic rings. The first kappa shape index (κ1) is 13.9. The lowest BCUT2D eigenvalue weighted by molar-refractivity contribution is 0.0972. The van der Waals surface area contributed by atoms with E-state index in [-0.39, 0.29) is 11.2 Å². The number of hydrogen-bond donors (Lipinski definition) is 0. The van der Waals surface area contributed by atoms with Gasteiger partial charge in [-0.2, -0.15) is 0 Å². The van der Waals surface area contributed by atoms with E-state index in [1.807, 2.05) is 31.1 Å². The predicted octanol–water partition coefficient (Wildman–Crippen LogP) is 3.12. The van der Waals surface area contributed by atoms with E-state index in [0.717, 1.165) is 12.1 Å². The Morgan fingerprint density at radius 3 is 2.06 bits per heavy atom. The van der Waals surface area contributed by atoms with Gasteiger partial charge in [0, 0.05) is 18.5 Å². The maximum absolute atomic E-state index is 11.9. The number of hydrogen-bond acceptors (Lipinski definition) is 2. The summed E-state index contributed by atoms with van der Waals surface area (Å²) in [6.45, 7) is 7.33. The molecule has 2 heteroatoms. The summed E-state index contributed by atoms with van der Waals surface area (Å²) in [5.74, 6) is 0.221. The molecule has 0 N–H and O–H groups in total. The molecule has 0 unspecified atom stereocenters. The zero-order valence-electron chi connectivity index (χ0n) is 11.6. The Hall–Kier alpha value is -1.15. The van der Waals surface area contributed by atoms with Crippen LogP contribution in [0.25, 0.3) is 0 Å². The SMILES string of the molecule is CN(C)CCC(=O)c1ccc(C(C)(C)C)cc1. The van der Waals surface area contributed by atoms with Crippen LogP contribution in [0.4, 0.5) is 0 Å². The minimum atomic E-state index is 0.144. The number of nitrogens with zero attached hydrogens (tertiary/aromatic N) is 1. The van der Waals surface area contributed by atoms with Gasteiger partial charge in [-0.25, -0.2) is 0 Å². The molecule has 0 saturated heterocycles. The third-order valence-corrected chi connectivity index (χ3v) is 2.86. The molecular formula is C15H23NO. The molecule has 0 saturated carbocycles. The van der Waals surface area contributed by atoms with Gasteiger partial charge in [0.05, 0.1) is 0 Å². The van der Waals surface area contributed by atoms with Crippen LogP contribution in [-0.2, 0) is 5.41 Å². The first-order valence-electron chi connectivity index (χ1n) is 6.09. The monoisotopic (exact) mass is 233 g/mol. The van der Waals surface area contributed by atoms with Crippen molar-refractivity contribution in [3.63, 3.8) is 0 Å². The van der Waals surface area contributed by atoms with Crippen LogP contribution >= 0.6 is 0 Å². The second-order valence-corrected chi connectivity index (χ2v) is 5.80. The van der Waals surface area contributed by atoms with E-state index in [1.54, 1.807) is 0 Å². The van der Waals surface area contributed by atoms with Gasteiger partial charge in [-0.05, 0) is 25.1 Å². The molecule has 0 aromatic heterocycles. The van der Waals surface area contributed by atoms with Crippen LogP contribution < -0.4 is 0 Å². The highest BCUT2D eigenvalue weighted by Gasteiger charge is 2.14. The summed E-state index contributed by atoms with van der Waals surface area (Å²) in [5.41, 5.74) is 2.23. The first-order chi connectivity index (χ1) is 7.80. The number of carbonyl (C=O) groups excluding carboxylic acids is 1. The highest BCUT2D eigenvalue weighted by atomic mass is 16.1. The van der Waals surface area contributed by atoms with Gasteiger partial charge in [-0.3, -0.25) is 4.79 Å². The minimum Gasteiger partial charge on any atom is -0.309 e. The molecule has 0 aliphatic heterocycles. The van der Waals surface area contributed by atoms with Gasteiger partial charge in [0.1, 0.15) is 0 Å². The maximum Gasteiger partial charge on any atom is 0.164 e. The molecule has 17 heavy (non-hydrogen) atoms. The molecule has 2 nitrogen and oxygen atoms in total. The molecule has 0 aliphatic carbocycles. The summed E-state index contributed by atoms with van der Waals surface area (Å²) in [4.78, 5) is 13.9. The van der Waals surface area contributed by atoms with Gasteiger partial charge in [0.25, 0.3) is 0 Å². The summed E-state index contributed by atoms with van der Waals surface area (Å²) in [6, 6.07) is 8.00. The fourth-order valence-electron chi connectivity index (χ4n) is 1.63. The molecule has 0 atom stereocenters. The summed E-state index contributed by atoms with van der Waals surface area (Å²) < 4.78 is 0. The molecule has 0 bridgehead atoms. The van der Waals surface area contributed by atoms with E-state index in [4.69, 9.17) is 0 Å². The smallest absolute Gasteiger partial charge is 0.164 e. The Kier molecular flexibility index (Phi) is 4.47. The predicted molar refractivity (Wildman–Crippen MR) is 72.6 cm³/mol. The van der Waals surface area contributed by atoms with Crippen LogP contribution in [0.1, 0.15) is 43.1 Å². The lowest BCUT2D eigenvalue weighted by Crippen LogP contribution is -2.17. The minimum absolute atomic E-state index is 0.144. The maximum atomic E-state index is 11.9. The van der Waals surface area contributed by atoms with Crippen LogP contribution in [0.3, 0.4) is 0 Å². The van der Waals surface area contributed by atoms with E-state index in [1.165, 1.54) is 5.56 Å². The van der Waals surface area contributed by atoms with Crippen LogP contribution in [0.15, 0.2) is 24.3 Å². The number of Topliss-reactive ketones (excluding diaryl/α,β-unsaturated/α-hetero) is 1. The third kappa shape index (κ3) is 4.31. The van der Waals surface area contributed by atoms with E-state index in [0.29, 0.717) is 6.42 Å². The first-order valence-corrected chi connectivity index (χ1v) is 6.09. The fraction of sp³-hybridized carbons (Fsp3) is 0.533. The quantitative estimate of drug-likeness (QED) is 0.745. The lowest BCUT2D eigenvalue weighted by atomic mass is 9.86.